The van der Waals surface area contributed by atoms with Crippen molar-refractivity contribution in [3.8, 4) is 11.5 Å². The molecule has 0 aliphatic rings. The van der Waals surface area contributed by atoms with Crippen LogP contribution in [0.3, 0.4) is 0 Å². The molecule has 0 bridgehead atoms. The second kappa shape index (κ2) is 10.2. The van der Waals surface area contributed by atoms with Crippen molar-refractivity contribution in [2.24, 2.45) is 0 Å². The van der Waals surface area contributed by atoms with E-state index >= 15 is 0 Å². The smallest absolute Gasteiger partial charge is 0.335 e. The van der Waals surface area contributed by atoms with Gasteiger partial charge in [0.15, 0.2) is 0 Å². The SMILES string of the molecule is COc1ccc(OC)c(S(=O)(=O)Nc2ccccc2CCCc2ccc(C(=O)O)cc2)c1. The molecule has 3 aromatic rings. The minimum atomic E-state index is -3.91. The molecule has 0 saturated carbocycles. The van der Waals surface area contributed by atoms with E-state index in [1.807, 2.05) is 12.1 Å². The van der Waals surface area contributed by atoms with Gasteiger partial charge in [0.2, 0.25) is 0 Å². The first-order chi connectivity index (χ1) is 15.3. The minimum Gasteiger partial charge on any atom is -0.497 e. The van der Waals surface area contributed by atoms with Gasteiger partial charge in [-0.3, -0.25) is 4.72 Å². The number of carboxylic acid groups (broad SMARTS) is 1. The van der Waals surface area contributed by atoms with E-state index in [2.05, 4.69) is 4.72 Å². The zero-order chi connectivity index (χ0) is 23.1. The molecule has 0 aliphatic heterocycles. The summed E-state index contributed by atoms with van der Waals surface area (Å²) < 4.78 is 39.2. The third-order valence-electron chi connectivity index (χ3n) is 5.03. The van der Waals surface area contributed by atoms with Gasteiger partial charge >= 0.3 is 5.97 Å². The Bertz CT molecular complexity index is 1190. The summed E-state index contributed by atoms with van der Waals surface area (Å²) in [6.45, 7) is 0. The van der Waals surface area contributed by atoms with Crippen molar-refractivity contribution in [2.75, 3.05) is 18.9 Å². The maximum atomic E-state index is 13.1. The van der Waals surface area contributed by atoms with Crippen LogP contribution < -0.4 is 14.2 Å². The molecule has 0 aromatic heterocycles. The lowest BCUT2D eigenvalue weighted by Gasteiger charge is -2.15. The van der Waals surface area contributed by atoms with Gasteiger partial charge in [-0.25, -0.2) is 13.2 Å². The van der Waals surface area contributed by atoms with Gasteiger partial charge in [0.25, 0.3) is 10.0 Å². The predicted octanol–water partition coefficient (Wildman–Crippen LogP) is 4.38. The number of rotatable bonds is 10. The minimum absolute atomic E-state index is 0.00678. The molecule has 0 amide bonds. The van der Waals surface area contributed by atoms with Crippen LogP contribution in [0.25, 0.3) is 0 Å². The summed E-state index contributed by atoms with van der Waals surface area (Å²) in [7, 11) is -1.03. The van der Waals surface area contributed by atoms with Gasteiger partial charge in [0.1, 0.15) is 16.4 Å². The van der Waals surface area contributed by atoms with Crippen molar-refractivity contribution in [1.29, 1.82) is 0 Å². The van der Waals surface area contributed by atoms with Crippen molar-refractivity contribution in [2.45, 2.75) is 24.2 Å². The number of anilines is 1. The second-order valence-electron chi connectivity index (χ2n) is 7.14. The lowest BCUT2D eigenvalue weighted by molar-refractivity contribution is 0.0697. The number of hydrogen-bond acceptors (Lipinski definition) is 5. The molecule has 0 radical (unpaired) electrons. The summed E-state index contributed by atoms with van der Waals surface area (Å²) in [4.78, 5) is 11.0. The molecule has 7 nitrogen and oxygen atoms in total. The van der Waals surface area contributed by atoms with E-state index in [-0.39, 0.29) is 16.2 Å². The maximum Gasteiger partial charge on any atom is 0.335 e. The van der Waals surface area contributed by atoms with E-state index in [0.717, 1.165) is 24.0 Å². The first kappa shape index (κ1) is 23.1. The quantitative estimate of drug-likeness (QED) is 0.470. The molecule has 0 aliphatic carbocycles. The van der Waals surface area contributed by atoms with Crippen LogP contribution >= 0.6 is 0 Å². The van der Waals surface area contributed by atoms with Crippen molar-refractivity contribution in [1.82, 2.24) is 0 Å². The number of benzene rings is 3. The molecule has 0 unspecified atom stereocenters. The van der Waals surface area contributed by atoms with Crippen LogP contribution in [0, 0.1) is 0 Å². The van der Waals surface area contributed by atoms with Crippen molar-refractivity contribution < 1.29 is 27.8 Å². The molecular formula is C24H25NO6S. The largest absolute Gasteiger partial charge is 0.497 e. The number of carboxylic acids is 1. The molecule has 0 fully saturated rings. The third-order valence-corrected chi connectivity index (χ3v) is 6.42. The molecule has 0 spiro atoms. The highest BCUT2D eigenvalue weighted by molar-refractivity contribution is 7.92. The van der Waals surface area contributed by atoms with E-state index in [9.17, 15) is 13.2 Å². The van der Waals surface area contributed by atoms with Crippen LogP contribution in [0.5, 0.6) is 11.5 Å². The van der Waals surface area contributed by atoms with Gasteiger partial charge in [-0.1, -0.05) is 30.3 Å². The number of aromatic carboxylic acids is 1. The van der Waals surface area contributed by atoms with E-state index < -0.39 is 16.0 Å². The Balaban J connectivity index is 1.74. The summed E-state index contributed by atoms with van der Waals surface area (Å²) >= 11 is 0. The van der Waals surface area contributed by atoms with Crippen LogP contribution in [-0.2, 0) is 22.9 Å². The summed E-state index contributed by atoms with van der Waals surface area (Å²) in [5.74, 6) is -0.320. The normalized spacial score (nSPS) is 11.1. The highest BCUT2D eigenvalue weighted by Gasteiger charge is 2.21. The van der Waals surface area contributed by atoms with Gasteiger partial charge in [-0.2, -0.15) is 0 Å². The molecule has 2 N–H and O–H groups in total. The van der Waals surface area contributed by atoms with Crippen molar-refractivity contribution in [3.05, 3.63) is 83.4 Å². The number of nitrogens with one attached hydrogen (secondary N) is 1. The number of aryl methyl sites for hydroxylation is 2. The van der Waals surface area contributed by atoms with Gasteiger partial charge < -0.3 is 14.6 Å². The van der Waals surface area contributed by atoms with Crippen LogP contribution in [0.15, 0.2) is 71.6 Å². The zero-order valence-electron chi connectivity index (χ0n) is 17.9. The van der Waals surface area contributed by atoms with E-state index in [1.54, 1.807) is 48.5 Å². The van der Waals surface area contributed by atoms with Crippen LogP contribution in [-0.4, -0.2) is 33.7 Å². The fourth-order valence-corrected chi connectivity index (χ4v) is 4.61. The fourth-order valence-electron chi connectivity index (χ4n) is 3.33. The van der Waals surface area contributed by atoms with E-state index in [1.165, 1.54) is 20.3 Å². The first-order valence-electron chi connectivity index (χ1n) is 9.99. The molecular weight excluding hydrogens is 430 g/mol. The average Bonchev–Trinajstić information content (AvgIpc) is 2.80. The summed E-state index contributed by atoms with van der Waals surface area (Å²) in [5.41, 5.74) is 2.63. The number of hydrogen-bond donors (Lipinski definition) is 2. The number of carbonyl (C=O) groups is 1. The number of ether oxygens (including phenoxy) is 2. The molecule has 3 aromatic carbocycles. The summed E-state index contributed by atoms with van der Waals surface area (Å²) in [6, 6.07) is 18.6. The van der Waals surface area contributed by atoms with Crippen LogP contribution in [0.4, 0.5) is 5.69 Å². The topological polar surface area (TPSA) is 102 Å². The Morgan fingerprint density at radius 3 is 2.31 bits per heavy atom. The molecule has 32 heavy (non-hydrogen) atoms. The van der Waals surface area contributed by atoms with Crippen molar-refractivity contribution in [3.63, 3.8) is 0 Å². The Morgan fingerprint density at radius 1 is 0.938 bits per heavy atom. The van der Waals surface area contributed by atoms with Gasteiger partial charge in [-0.15, -0.1) is 0 Å². The van der Waals surface area contributed by atoms with Gasteiger partial charge in [0.05, 0.1) is 25.5 Å². The number of sulfonamides is 1. The number of methoxy groups -OCH3 is 2. The van der Waals surface area contributed by atoms with Crippen molar-refractivity contribution >= 4 is 21.7 Å². The monoisotopic (exact) mass is 455 g/mol. The molecule has 168 valence electrons. The molecule has 0 saturated heterocycles. The van der Waals surface area contributed by atoms with Gasteiger partial charge in [0, 0.05) is 6.07 Å². The molecule has 3 rings (SSSR count). The lowest BCUT2D eigenvalue weighted by atomic mass is 10.0. The zero-order valence-corrected chi connectivity index (χ0v) is 18.7. The highest BCUT2D eigenvalue weighted by atomic mass is 32.2. The summed E-state index contributed by atoms with van der Waals surface area (Å²) in [6.07, 6.45) is 2.16. The Kier molecular flexibility index (Phi) is 7.37. The van der Waals surface area contributed by atoms with E-state index in [0.29, 0.717) is 17.9 Å². The van der Waals surface area contributed by atoms with E-state index in [4.69, 9.17) is 14.6 Å². The maximum absolute atomic E-state index is 13.1. The molecule has 0 atom stereocenters. The first-order valence-corrected chi connectivity index (χ1v) is 11.5. The predicted molar refractivity (Wildman–Crippen MR) is 122 cm³/mol. The Labute approximate surface area is 187 Å². The number of para-hydroxylation sites is 1. The van der Waals surface area contributed by atoms with Crippen LogP contribution in [0.1, 0.15) is 27.9 Å². The fraction of sp³-hybridized carbons (Fsp3) is 0.208. The second-order valence-corrected chi connectivity index (χ2v) is 8.79. The lowest BCUT2D eigenvalue weighted by Crippen LogP contribution is -2.15. The summed E-state index contributed by atoms with van der Waals surface area (Å²) in [5, 5.41) is 9.00. The Hall–Kier alpha value is -3.52. The van der Waals surface area contributed by atoms with Gasteiger partial charge in [-0.05, 0) is 60.7 Å². The molecule has 0 heterocycles. The third kappa shape index (κ3) is 5.59. The van der Waals surface area contributed by atoms with Crippen LogP contribution in [0.2, 0.25) is 0 Å². The highest BCUT2D eigenvalue weighted by Crippen LogP contribution is 2.30. The standard InChI is InChI=1S/C24H25NO6S/c1-30-20-14-15-22(31-2)23(16-20)32(28,29)25-21-9-4-3-7-18(21)8-5-6-17-10-12-19(13-11-17)24(26)27/h3-4,7,9-16,25H,5-6,8H2,1-2H3,(H,26,27). The molecule has 8 heteroatoms. The Morgan fingerprint density at radius 2 is 1.66 bits per heavy atom. The average molecular weight is 456 g/mol.